The maximum atomic E-state index is 10.9. The van der Waals surface area contributed by atoms with Crippen LogP contribution >= 0.6 is 0 Å². The number of hydrogen-bond acceptors (Lipinski definition) is 1. The van der Waals surface area contributed by atoms with Crippen LogP contribution < -0.4 is 0 Å². The van der Waals surface area contributed by atoms with Gasteiger partial charge in [0.1, 0.15) is 0 Å². The second-order valence-electron chi connectivity index (χ2n) is 2.13. The normalized spacial score (nSPS) is 14.5. The van der Waals surface area contributed by atoms with Crippen molar-refractivity contribution in [3.8, 4) is 0 Å². The molecule has 1 atom stereocenters. The maximum Gasteiger partial charge on any atom is 0.0291 e. The third kappa shape index (κ3) is 3.19. The van der Waals surface area contributed by atoms with Gasteiger partial charge in [-0.3, -0.25) is 4.21 Å². The van der Waals surface area contributed by atoms with Gasteiger partial charge in [0.15, 0.2) is 0 Å². The first kappa shape index (κ1) is 8.15. The van der Waals surface area contributed by atoms with Crippen molar-refractivity contribution < 1.29 is 4.21 Å². The monoisotopic (exact) mass is 134 g/mol. The predicted molar refractivity (Wildman–Crippen MR) is 38.4 cm³/mol. The molecule has 0 spiro atoms. The van der Waals surface area contributed by atoms with E-state index in [0.29, 0.717) is 5.25 Å². The maximum absolute atomic E-state index is 10.9. The van der Waals surface area contributed by atoms with Crippen LogP contribution in [0.5, 0.6) is 0 Å². The van der Waals surface area contributed by atoms with Crippen LogP contribution in [0.4, 0.5) is 0 Å². The van der Waals surface area contributed by atoms with E-state index < -0.39 is 10.8 Å². The van der Waals surface area contributed by atoms with Crippen molar-refractivity contribution in [3.63, 3.8) is 0 Å². The fraction of sp³-hybridized carbons (Fsp3) is 1.00. The second-order valence-corrected chi connectivity index (χ2v) is 4.25. The minimum absolute atomic E-state index is 0.343. The van der Waals surface area contributed by atoms with Gasteiger partial charge in [0, 0.05) is 21.8 Å². The molecule has 0 aliphatic rings. The van der Waals surface area contributed by atoms with Gasteiger partial charge >= 0.3 is 0 Å². The molecule has 0 bridgehead atoms. The molecule has 0 heterocycles. The standard InChI is InChI=1S/C6H14OS/c1-4-5-8(7)6(2)3/h6H,4-5H2,1-3H3/t8-/m0/s1. The van der Waals surface area contributed by atoms with Crippen LogP contribution in [0.25, 0.3) is 0 Å². The fourth-order valence-corrected chi connectivity index (χ4v) is 1.31. The van der Waals surface area contributed by atoms with Crippen LogP contribution in [-0.4, -0.2) is 15.2 Å². The van der Waals surface area contributed by atoms with Crippen molar-refractivity contribution >= 4 is 10.8 Å². The van der Waals surface area contributed by atoms with Crippen molar-refractivity contribution in [2.24, 2.45) is 0 Å². The predicted octanol–water partition coefficient (Wildman–Crippen LogP) is 1.55. The Labute approximate surface area is 53.9 Å². The molecule has 0 aliphatic heterocycles. The van der Waals surface area contributed by atoms with Crippen molar-refractivity contribution in [3.05, 3.63) is 0 Å². The van der Waals surface area contributed by atoms with Crippen LogP contribution in [0.1, 0.15) is 27.2 Å². The lowest BCUT2D eigenvalue weighted by Crippen LogP contribution is -2.08. The highest BCUT2D eigenvalue weighted by atomic mass is 32.2. The molecule has 0 N–H and O–H groups in total. The molecule has 50 valence electrons. The van der Waals surface area contributed by atoms with Crippen LogP contribution in [0.2, 0.25) is 0 Å². The van der Waals surface area contributed by atoms with Crippen LogP contribution in [0.3, 0.4) is 0 Å². The SMILES string of the molecule is CCC[S@](=O)C(C)C. The first-order valence-electron chi connectivity index (χ1n) is 3.05. The van der Waals surface area contributed by atoms with Gasteiger partial charge in [0.25, 0.3) is 0 Å². The third-order valence-electron chi connectivity index (χ3n) is 0.931. The molecule has 0 amide bonds. The first-order valence-corrected chi connectivity index (χ1v) is 4.43. The minimum Gasteiger partial charge on any atom is -0.259 e. The summed E-state index contributed by atoms with van der Waals surface area (Å²) < 4.78 is 10.9. The van der Waals surface area contributed by atoms with E-state index in [1.165, 1.54) is 0 Å². The molecule has 0 saturated carbocycles. The van der Waals surface area contributed by atoms with Gasteiger partial charge in [-0.1, -0.05) is 20.8 Å². The van der Waals surface area contributed by atoms with Crippen molar-refractivity contribution in [2.45, 2.75) is 32.4 Å². The van der Waals surface area contributed by atoms with Crippen molar-refractivity contribution in [1.82, 2.24) is 0 Å². The Bertz CT molecular complexity index is 78.6. The molecule has 0 aromatic heterocycles. The highest BCUT2D eigenvalue weighted by Crippen LogP contribution is 1.94. The number of hydrogen-bond donors (Lipinski definition) is 0. The lowest BCUT2D eigenvalue weighted by atomic mass is 10.6. The minimum atomic E-state index is -0.572. The lowest BCUT2D eigenvalue weighted by Gasteiger charge is -2.00. The van der Waals surface area contributed by atoms with E-state index in [9.17, 15) is 4.21 Å². The summed E-state index contributed by atoms with van der Waals surface area (Å²) in [5, 5.41) is 0.343. The molecule has 0 unspecified atom stereocenters. The molecule has 0 aromatic rings. The molecular formula is C6H14OS. The smallest absolute Gasteiger partial charge is 0.0291 e. The molecule has 0 fully saturated rings. The summed E-state index contributed by atoms with van der Waals surface area (Å²) in [5.74, 6) is 0.859. The Kier molecular flexibility index (Phi) is 4.15. The quantitative estimate of drug-likeness (QED) is 0.572. The van der Waals surface area contributed by atoms with Crippen molar-refractivity contribution in [1.29, 1.82) is 0 Å². The van der Waals surface area contributed by atoms with Gasteiger partial charge in [-0.25, -0.2) is 0 Å². The molecular weight excluding hydrogens is 120 g/mol. The highest BCUT2D eigenvalue weighted by Gasteiger charge is 2.00. The van der Waals surface area contributed by atoms with Gasteiger partial charge in [0.2, 0.25) is 0 Å². The Morgan fingerprint density at radius 3 is 2.12 bits per heavy atom. The van der Waals surface area contributed by atoms with E-state index in [4.69, 9.17) is 0 Å². The molecule has 8 heavy (non-hydrogen) atoms. The Hall–Kier alpha value is 0.150. The summed E-state index contributed by atoms with van der Waals surface area (Å²) >= 11 is 0. The molecule has 0 saturated heterocycles. The van der Waals surface area contributed by atoms with Crippen LogP contribution in [0, 0.1) is 0 Å². The summed E-state index contributed by atoms with van der Waals surface area (Å²) in [6, 6.07) is 0. The Morgan fingerprint density at radius 1 is 1.50 bits per heavy atom. The summed E-state index contributed by atoms with van der Waals surface area (Å²) in [7, 11) is -0.572. The zero-order valence-corrected chi connectivity index (χ0v) is 6.62. The Morgan fingerprint density at radius 2 is 2.00 bits per heavy atom. The topological polar surface area (TPSA) is 17.1 Å². The van der Waals surface area contributed by atoms with E-state index in [-0.39, 0.29) is 0 Å². The summed E-state index contributed by atoms with van der Waals surface area (Å²) in [6.07, 6.45) is 1.03. The van der Waals surface area contributed by atoms with Crippen LogP contribution in [-0.2, 0) is 10.8 Å². The van der Waals surface area contributed by atoms with E-state index in [1.807, 2.05) is 13.8 Å². The van der Waals surface area contributed by atoms with Crippen LogP contribution in [0.15, 0.2) is 0 Å². The summed E-state index contributed by atoms with van der Waals surface area (Å²) in [4.78, 5) is 0. The molecule has 0 rings (SSSR count). The first-order chi connectivity index (χ1) is 3.68. The lowest BCUT2D eigenvalue weighted by molar-refractivity contribution is 0.675. The summed E-state index contributed by atoms with van der Waals surface area (Å²) in [5.41, 5.74) is 0. The number of rotatable bonds is 3. The zero-order valence-electron chi connectivity index (χ0n) is 5.81. The fourth-order valence-electron chi connectivity index (χ4n) is 0.437. The Balaban J connectivity index is 3.33. The molecule has 1 nitrogen and oxygen atoms in total. The zero-order chi connectivity index (χ0) is 6.57. The van der Waals surface area contributed by atoms with E-state index in [0.717, 1.165) is 12.2 Å². The van der Waals surface area contributed by atoms with Gasteiger partial charge in [-0.15, -0.1) is 0 Å². The summed E-state index contributed by atoms with van der Waals surface area (Å²) in [6.45, 7) is 6.04. The van der Waals surface area contributed by atoms with Gasteiger partial charge in [-0.2, -0.15) is 0 Å². The molecule has 0 aliphatic carbocycles. The largest absolute Gasteiger partial charge is 0.259 e. The average molecular weight is 134 g/mol. The molecule has 0 radical (unpaired) electrons. The van der Waals surface area contributed by atoms with E-state index >= 15 is 0 Å². The van der Waals surface area contributed by atoms with Crippen molar-refractivity contribution in [2.75, 3.05) is 5.75 Å². The molecule has 2 heteroatoms. The van der Waals surface area contributed by atoms with E-state index in [1.54, 1.807) is 0 Å². The van der Waals surface area contributed by atoms with E-state index in [2.05, 4.69) is 6.92 Å². The van der Waals surface area contributed by atoms with Gasteiger partial charge < -0.3 is 0 Å². The van der Waals surface area contributed by atoms with Gasteiger partial charge in [0.05, 0.1) is 0 Å². The highest BCUT2D eigenvalue weighted by molar-refractivity contribution is 7.85. The van der Waals surface area contributed by atoms with Gasteiger partial charge in [-0.05, 0) is 6.42 Å². The third-order valence-corrected chi connectivity index (χ3v) is 2.79. The second kappa shape index (κ2) is 4.07. The average Bonchev–Trinajstić information content (AvgIpc) is 1.67. The molecule has 0 aromatic carbocycles.